The minimum atomic E-state index is -5.08. The van der Waals surface area contributed by atoms with Crippen LogP contribution in [0.5, 0.6) is 0 Å². The van der Waals surface area contributed by atoms with Gasteiger partial charge in [-0.2, -0.15) is 13.2 Å². The first kappa shape index (κ1) is 21.5. The van der Waals surface area contributed by atoms with Crippen molar-refractivity contribution < 1.29 is 23.1 Å². The van der Waals surface area contributed by atoms with E-state index in [4.69, 9.17) is 14.9 Å². The molecule has 3 heterocycles. The molecule has 0 unspecified atom stereocenters. The van der Waals surface area contributed by atoms with Crippen molar-refractivity contribution in [3.63, 3.8) is 0 Å². The number of aryl methyl sites for hydroxylation is 1. The van der Waals surface area contributed by atoms with E-state index in [2.05, 4.69) is 38.4 Å². The van der Waals surface area contributed by atoms with E-state index < -0.39 is 12.1 Å². The molecule has 0 aliphatic carbocycles. The molecule has 30 heavy (non-hydrogen) atoms. The van der Waals surface area contributed by atoms with Gasteiger partial charge >= 0.3 is 12.1 Å². The molecule has 0 saturated carbocycles. The van der Waals surface area contributed by atoms with Crippen molar-refractivity contribution in [2.75, 3.05) is 31.1 Å². The van der Waals surface area contributed by atoms with Gasteiger partial charge in [-0.3, -0.25) is 4.98 Å². The van der Waals surface area contributed by atoms with Gasteiger partial charge in [-0.15, -0.1) is 0 Å². The molecule has 2 aromatic heterocycles. The number of benzene rings is 1. The number of aliphatic carboxylic acids is 1. The third-order valence-corrected chi connectivity index (χ3v) is 4.55. The Morgan fingerprint density at radius 1 is 1.20 bits per heavy atom. The van der Waals surface area contributed by atoms with Crippen molar-refractivity contribution in [1.29, 1.82) is 0 Å². The van der Waals surface area contributed by atoms with E-state index in [1.165, 1.54) is 0 Å². The molecule has 2 N–H and O–H groups in total. The lowest BCUT2D eigenvalue weighted by atomic mass is 10.1. The van der Waals surface area contributed by atoms with Crippen LogP contribution in [0.15, 0.2) is 36.9 Å². The van der Waals surface area contributed by atoms with Gasteiger partial charge in [0.25, 0.3) is 0 Å². The summed E-state index contributed by atoms with van der Waals surface area (Å²) in [5.41, 5.74) is 4.05. The fourth-order valence-electron chi connectivity index (χ4n) is 3.02. The average Bonchev–Trinajstić information content (AvgIpc) is 2.92. The van der Waals surface area contributed by atoms with E-state index in [9.17, 15) is 13.2 Å². The highest BCUT2D eigenvalue weighted by molar-refractivity contribution is 5.81. The molecule has 0 spiro atoms. The van der Waals surface area contributed by atoms with Gasteiger partial charge < -0.3 is 19.9 Å². The Morgan fingerprint density at radius 3 is 2.70 bits per heavy atom. The number of hydrogen-bond donors (Lipinski definition) is 2. The molecule has 160 valence electrons. The number of rotatable bonds is 2. The van der Waals surface area contributed by atoms with E-state index in [0.717, 1.165) is 60.7 Å². The van der Waals surface area contributed by atoms with E-state index in [-0.39, 0.29) is 0 Å². The predicted octanol–water partition coefficient (Wildman–Crippen LogP) is 2.46. The lowest BCUT2D eigenvalue weighted by Gasteiger charge is -2.21. The number of halogens is 3. The van der Waals surface area contributed by atoms with Crippen LogP contribution in [0, 0.1) is 0 Å². The minimum Gasteiger partial charge on any atom is -0.475 e. The van der Waals surface area contributed by atoms with E-state index >= 15 is 0 Å². The van der Waals surface area contributed by atoms with Crippen LogP contribution < -0.4 is 10.2 Å². The summed E-state index contributed by atoms with van der Waals surface area (Å²) in [7, 11) is 2.00. The SMILES string of the molecule is Cn1cnc2cc(-c3cncc(N4CCCNCC4)n3)ccc21.O=C(O)C(F)(F)F. The highest BCUT2D eigenvalue weighted by Gasteiger charge is 2.38. The standard InChI is InChI=1S/C17H20N6.C2HF3O2/c1-22-12-20-14-9-13(3-4-16(14)22)15-10-19-11-17(21-15)23-7-2-5-18-6-8-23;3-2(4,5)1(6)7/h3-4,9-12,18H,2,5-8H2,1H3;(H,6,7). The Hall–Kier alpha value is -3.21. The Kier molecular flexibility index (Phi) is 6.50. The second-order valence-corrected chi connectivity index (χ2v) is 6.71. The predicted molar refractivity (Wildman–Crippen MR) is 105 cm³/mol. The van der Waals surface area contributed by atoms with Gasteiger partial charge in [0, 0.05) is 32.2 Å². The number of nitrogens with zero attached hydrogens (tertiary/aromatic N) is 5. The molecule has 3 aromatic rings. The lowest BCUT2D eigenvalue weighted by molar-refractivity contribution is -0.192. The van der Waals surface area contributed by atoms with Gasteiger partial charge in [0.1, 0.15) is 5.82 Å². The molecule has 8 nitrogen and oxygen atoms in total. The van der Waals surface area contributed by atoms with Crippen LogP contribution in [0.1, 0.15) is 6.42 Å². The zero-order valence-electron chi connectivity index (χ0n) is 16.2. The summed E-state index contributed by atoms with van der Waals surface area (Å²) in [4.78, 5) is 24.8. The maximum atomic E-state index is 10.6. The quantitative estimate of drug-likeness (QED) is 0.655. The Morgan fingerprint density at radius 2 is 1.97 bits per heavy atom. The summed E-state index contributed by atoms with van der Waals surface area (Å²) < 4.78 is 33.8. The molecule has 4 rings (SSSR count). The number of carboxylic acids is 1. The Balaban J connectivity index is 0.000000318. The first-order valence-corrected chi connectivity index (χ1v) is 9.25. The number of carbonyl (C=O) groups is 1. The molecule has 0 atom stereocenters. The largest absolute Gasteiger partial charge is 0.490 e. The molecule has 1 aliphatic heterocycles. The molecular weight excluding hydrogens is 401 g/mol. The topological polar surface area (TPSA) is 96.2 Å². The van der Waals surface area contributed by atoms with Crippen LogP contribution in [0.4, 0.5) is 19.0 Å². The molecule has 1 fully saturated rings. The molecule has 1 aliphatic rings. The van der Waals surface area contributed by atoms with Crippen molar-refractivity contribution in [2.45, 2.75) is 12.6 Å². The van der Waals surface area contributed by atoms with Crippen LogP contribution >= 0.6 is 0 Å². The van der Waals surface area contributed by atoms with E-state index in [1.54, 1.807) is 0 Å². The Labute approximate surface area is 170 Å². The molecule has 0 bridgehead atoms. The summed E-state index contributed by atoms with van der Waals surface area (Å²) in [6.07, 6.45) is 1.56. The van der Waals surface area contributed by atoms with Crippen molar-refractivity contribution in [1.82, 2.24) is 24.8 Å². The number of fused-ring (bicyclic) bond motifs is 1. The number of nitrogens with one attached hydrogen (secondary N) is 1. The zero-order valence-corrected chi connectivity index (χ0v) is 16.2. The lowest BCUT2D eigenvalue weighted by Crippen LogP contribution is -2.28. The van der Waals surface area contributed by atoms with Crippen LogP contribution in [-0.2, 0) is 11.8 Å². The van der Waals surface area contributed by atoms with Crippen LogP contribution in [0.3, 0.4) is 0 Å². The van der Waals surface area contributed by atoms with Crippen LogP contribution in [0.2, 0.25) is 0 Å². The number of alkyl halides is 3. The minimum absolute atomic E-state index is 0.896. The molecule has 0 radical (unpaired) electrons. The van der Waals surface area contributed by atoms with Crippen molar-refractivity contribution in [3.8, 4) is 11.3 Å². The normalized spacial score (nSPS) is 14.7. The van der Waals surface area contributed by atoms with Gasteiger partial charge in [-0.25, -0.2) is 14.8 Å². The average molecular weight is 422 g/mol. The number of carboxylic acid groups (broad SMARTS) is 1. The second kappa shape index (κ2) is 9.08. The third-order valence-electron chi connectivity index (χ3n) is 4.55. The summed E-state index contributed by atoms with van der Waals surface area (Å²) in [6, 6.07) is 6.25. The molecule has 11 heteroatoms. The summed E-state index contributed by atoms with van der Waals surface area (Å²) in [5, 5.41) is 10.5. The van der Waals surface area contributed by atoms with Gasteiger partial charge in [-0.1, -0.05) is 6.07 Å². The molecule has 1 saturated heterocycles. The second-order valence-electron chi connectivity index (χ2n) is 6.71. The van der Waals surface area contributed by atoms with Crippen LogP contribution in [0.25, 0.3) is 22.3 Å². The maximum absolute atomic E-state index is 10.6. The first-order chi connectivity index (χ1) is 14.3. The summed E-state index contributed by atoms with van der Waals surface area (Å²) in [6.45, 7) is 4.05. The summed E-state index contributed by atoms with van der Waals surface area (Å²) >= 11 is 0. The van der Waals surface area contributed by atoms with Gasteiger partial charge in [0.15, 0.2) is 0 Å². The first-order valence-electron chi connectivity index (χ1n) is 9.25. The number of aromatic nitrogens is 4. The highest BCUT2D eigenvalue weighted by atomic mass is 19.4. The molecular formula is C19H21F3N6O2. The smallest absolute Gasteiger partial charge is 0.475 e. The fourth-order valence-corrected chi connectivity index (χ4v) is 3.02. The highest BCUT2D eigenvalue weighted by Crippen LogP contribution is 2.23. The van der Waals surface area contributed by atoms with E-state index in [1.807, 2.05) is 30.3 Å². The van der Waals surface area contributed by atoms with Gasteiger partial charge in [0.2, 0.25) is 0 Å². The Bertz CT molecular complexity index is 1010. The zero-order chi connectivity index (χ0) is 21.7. The third kappa shape index (κ3) is 5.23. The fraction of sp³-hybridized carbons (Fsp3) is 0.368. The van der Waals surface area contributed by atoms with Gasteiger partial charge in [0.05, 0.1) is 35.4 Å². The summed E-state index contributed by atoms with van der Waals surface area (Å²) in [5.74, 6) is -1.81. The maximum Gasteiger partial charge on any atom is 0.490 e. The molecule has 0 amide bonds. The number of anilines is 1. The number of imidazole rings is 1. The van der Waals surface area contributed by atoms with E-state index in [0.29, 0.717) is 0 Å². The number of hydrogen-bond acceptors (Lipinski definition) is 6. The molecule has 1 aromatic carbocycles. The van der Waals surface area contributed by atoms with Crippen molar-refractivity contribution in [3.05, 3.63) is 36.9 Å². The van der Waals surface area contributed by atoms with Crippen molar-refractivity contribution >= 4 is 22.8 Å². The van der Waals surface area contributed by atoms with Crippen LogP contribution in [-0.4, -0.2) is 63.0 Å². The monoisotopic (exact) mass is 422 g/mol. The van der Waals surface area contributed by atoms with Gasteiger partial charge in [-0.05, 0) is 25.1 Å². The van der Waals surface area contributed by atoms with Crippen molar-refractivity contribution in [2.24, 2.45) is 7.05 Å².